The monoisotopic (exact) mass is 501 g/mol. The van der Waals surface area contributed by atoms with Gasteiger partial charge in [-0.15, -0.1) is 0 Å². The molecule has 0 bridgehead atoms. The maximum absolute atomic E-state index is 6.57. The molecule has 2 saturated heterocycles. The van der Waals surface area contributed by atoms with E-state index in [2.05, 4.69) is 55.6 Å². The normalized spacial score (nSPS) is 24.2. The summed E-state index contributed by atoms with van der Waals surface area (Å²) in [5.41, 5.74) is 0. The van der Waals surface area contributed by atoms with E-state index in [0.717, 1.165) is 38.8 Å². The number of hydrogen-bond acceptors (Lipinski definition) is 3. The van der Waals surface area contributed by atoms with E-state index in [1.807, 2.05) is 0 Å². The molecule has 2 aliphatic heterocycles. The Bertz CT molecular complexity index is 584. The molecule has 2 rings (SSSR count). The largest absolute Gasteiger partial charge is 0.343 e. The molecule has 0 spiro atoms. The van der Waals surface area contributed by atoms with Gasteiger partial charge in [0.25, 0.3) is 0 Å². The number of rotatable bonds is 23. The number of allylic oxidation sites excluding steroid dienone is 6. The van der Waals surface area contributed by atoms with Crippen LogP contribution in [0.3, 0.4) is 0 Å². The first kappa shape index (κ1) is 31.3. The minimum Gasteiger partial charge on any atom is -0.343 e. The Morgan fingerprint density at radius 2 is 1.06 bits per heavy atom. The van der Waals surface area contributed by atoms with Crippen LogP contribution in [0, 0.1) is 0 Å². The Hall–Kier alpha value is -0.900. The van der Waals surface area contributed by atoms with Crippen LogP contribution < -0.4 is 5.32 Å². The van der Waals surface area contributed by atoms with E-state index in [0.29, 0.717) is 0 Å². The summed E-state index contributed by atoms with van der Waals surface area (Å²) in [5, 5.41) is 3.43. The van der Waals surface area contributed by atoms with Crippen LogP contribution in [0.15, 0.2) is 36.5 Å². The molecule has 2 heterocycles. The van der Waals surface area contributed by atoms with Gasteiger partial charge >= 0.3 is 0 Å². The van der Waals surface area contributed by atoms with Crippen LogP contribution in [0.25, 0.3) is 0 Å². The third-order valence-corrected chi connectivity index (χ3v) is 7.66. The molecule has 0 amide bonds. The predicted molar refractivity (Wildman–Crippen MR) is 156 cm³/mol. The molecule has 2 fully saturated rings. The number of hydrogen-bond donors (Lipinski definition) is 1. The van der Waals surface area contributed by atoms with Crippen molar-refractivity contribution in [1.82, 2.24) is 5.32 Å². The van der Waals surface area contributed by atoms with Crippen LogP contribution >= 0.6 is 0 Å². The van der Waals surface area contributed by atoms with E-state index >= 15 is 0 Å². The van der Waals surface area contributed by atoms with Crippen molar-refractivity contribution in [3.63, 3.8) is 0 Å². The fourth-order valence-corrected chi connectivity index (χ4v) is 5.49. The Balaban J connectivity index is 1.52. The molecule has 0 aromatic heterocycles. The Morgan fingerprint density at radius 1 is 0.583 bits per heavy atom. The highest BCUT2D eigenvalue weighted by molar-refractivity contribution is 4.93. The van der Waals surface area contributed by atoms with Crippen molar-refractivity contribution < 1.29 is 9.47 Å². The standard InChI is InChI=1S/C33H59NO2/c1-3-5-7-9-11-13-15-16-18-20-22-24-26-28-33(35-31-29-34-30-32(31)36-33)27-25-23-21-19-17-14-12-10-8-6-4-2/h5,7-8,10-11,13,31-32,34H,3-4,6,9,12,14-30H2,1-2H3/b7-5-,10-8-,13-11-/t31-,32+,33?. The number of fused-ring (bicyclic) bond motifs is 1. The molecule has 3 nitrogen and oxygen atoms in total. The Kier molecular flexibility index (Phi) is 18.3. The molecule has 3 heteroatoms. The summed E-state index contributed by atoms with van der Waals surface area (Å²) >= 11 is 0. The van der Waals surface area contributed by atoms with E-state index in [-0.39, 0.29) is 18.0 Å². The zero-order valence-electron chi connectivity index (χ0n) is 24.0. The summed E-state index contributed by atoms with van der Waals surface area (Å²) in [4.78, 5) is 0. The molecule has 208 valence electrons. The summed E-state index contributed by atoms with van der Waals surface area (Å²) in [6.45, 7) is 6.36. The number of ether oxygens (including phenoxy) is 2. The molecule has 1 unspecified atom stereocenters. The molecular weight excluding hydrogens is 442 g/mol. The van der Waals surface area contributed by atoms with Crippen molar-refractivity contribution >= 4 is 0 Å². The summed E-state index contributed by atoms with van der Waals surface area (Å²) in [6, 6.07) is 0. The van der Waals surface area contributed by atoms with Crippen molar-refractivity contribution in [2.75, 3.05) is 13.1 Å². The molecule has 3 atom stereocenters. The third-order valence-electron chi connectivity index (χ3n) is 7.66. The molecule has 36 heavy (non-hydrogen) atoms. The molecule has 0 saturated carbocycles. The van der Waals surface area contributed by atoms with Gasteiger partial charge in [0.05, 0.1) is 0 Å². The van der Waals surface area contributed by atoms with Crippen LogP contribution in [0.2, 0.25) is 0 Å². The van der Waals surface area contributed by atoms with Gasteiger partial charge in [-0.25, -0.2) is 0 Å². The van der Waals surface area contributed by atoms with E-state index < -0.39 is 0 Å². The summed E-state index contributed by atoms with van der Waals surface area (Å²) in [7, 11) is 0. The minimum absolute atomic E-state index is 0.274. The second-order valence-electron chi connectivity index (χ2n) is 11.0. The topological polar surface area (TPSA) is 30.5 Å². The van der Waals surface area contributed by atoms with Crippen LogP contribution in [-0.2, 0) is 9.47 Å². The van der Waals surface area contributed by atoms with Crippen molar-refractivity contribution in [2.45, 2.75) is 160 Å². The maximum atomic E-state index is 6.57. The lowest BCUT2D eigenvalue weighted by Crippen LogP contribution is -2.34. The second kappa shape index (κ2) is 21.1. The number of unbranched alkanes of at least 4 members (excludes halogenated alkanes) is 13. The predicted octanol–water partition coefficient (Wildman–Crippen LogP) is 9.58. The zero-order valence-corrected chi connectivity index (χ0v) is 24.0. The summed E-state index contributed by atoms with van der Waals surface area (Å²) in [6.07, 6.45) is 39.8. The minimum atomic E-state index is -0.293. The van der Waals surface area contributed by atoms with Gasteiger partial charge in [0.2, 0.25) is 0 Å². The van der Waals surface area contributed by atoms with Gasteiger partial charge < -0.3 is 14.8 Å². The van der Waals surface area contributed by atoms with Crippen LogP contribution in [0.1, 0.15) is 142 Å². The average molecular weight is 502 g/mol. The lowest BCUT2D eigenvalue weighted by Gasteiger charge is -2.29. The first-order valence-corrected chi connectivity index (χ1v) is 15.8. The van der Waals surface area contributed by atoms with Crippen molar-refractivity contribution in [3.8, 4) is 0 Å². The van der Waals surface area contributed by atoms with E-state index in [4.69, 9.17) is 9.47 Å². The smallest absolute Gasteiger partial charge is 0.169 e. The first-order chi connectivity index (χ1) is 17.8. The number of nitrogens with one attached hydrogen (secondary N) is 1. The SMILES string of the molecule is CC/C=C\C/C=C\CCCCCCCCC1(CCCCCCCC/C=C\CCC)O[C@H]2CNC[C@H]2O1. The van der Waals surface area contributed by atoms with Crippen molar-refractivity contribution in [3.05, 3.63) is 36.5 Å². The second-order valence-corrected chi connectivity index (χ2v) is 11.0. The molecular formula is C33H59NO2. The van der Waals surface area contributed by atoms with Gasteiger partial charge in [0, 0.05) is 25.9 Å². The highest BCUT2D eigenvalue weighted by atomic mass is 16.8. The van der Waals surface area contributed by atoms with Crippen LogP contribution in [0.4, 0.5) is 0 Å². The maximum Gasteiger partial charge on any atom is 0.169 e. The molecule has 0 aromatic rings. The fourth-order valence-electron chi connectivity index (χ4n) is 5.49. The van der Waals surface area contributed by atoms with E-state index in [9.17, 15) is 0 Å². The lowest BCUT2D eigenvalue weighted by molar-refractivity contribution is -0.189. The lowest BCUT2D eigenvalue weighted by atomic mass is 9.98. The molecule has 0 aliphatic carbocycles. The van der Waals surface area contributed by atoms with Gasteiger partial charge in [0.15, 0.2) is 5.79 Å². The molecule has 0 aromatic carbocycles. The summed E-state index contributed by atoms with van der Waals surface area (Å²) in [5.74, 6) is -0.293. The van der Waals surface area contributed by atoms with Crippen molar-refractivity contribution in [1.29, 1.82) is 0 Å². The van der Waals surface area contributed by atoms with Crippen LogP contribution in [-0.4, -0.2) is 31.1 Å². The quantitative estimate of drug-likeness (QED) is 0.112. The average Bonchev–Trinajstić information content (AvgIpc) is 3.45. The molecule has 1 N–H and O–H groups in total. The highest BCUT2D eigenvalue weighted by Gasteiger charge is 2.48. The molecule has 2 aliphatic rings. The van der Waals surface area contributed by atoms with Gasteiger partial charge in [0.1, 0.15) is 12.2 Å². The Labute approximate surface area is 224 Å². The van der Waals surface area contributed by atoms with Gasteiger partial charge in [-0.05, 0) is 57.8 Å². The van der Waals surface area contributed by atoms with Crippen molar-refractivity contribution in [2.24, 2.45) is 0 Å². The van der Waals surface area contributed by atoms with Crippen LogP contribution in [0.5, 0.6) is 0 Å². The van der Waals surface area contributed by atoms with E-state index in [1.54, 1.807) is 0 Å². The van der Waals surface area contributed by atoms with Gasteiger partial charge in [-0.3, -0.25) is 0 Å². The van der Waals surface area contributed by atoms with Gasteiger partial charge in [-0.2, -0.15) is 0 Å². The highest BCUT2D eigenvalue weighted by Crippen LogP contribution is 2.39. The fraction of sp³-hybridized carbons (Fsp3) is 0.818. The third kappa shape index (κ3) is 14.1. The summed E-state index contributed by atoms with van der Waals surface area (Å²) < 4.78 is 13.1. The Morgan fingerprint density at radius 3 is 1.61 bits per heavy atom. The van der Waals surface area contributed by atoms with E-state index in [1.165, 1.54) is 103 Å². The van der Waals surface area contributed by atoms with Gasteiger partial charge in [-0.1, -0.05) is 108 Å². The zero-order chi connectivity index (χ0) is 25.6. The first-order valence-electron chi connectivity index (χ1n) is 15.8. The molecule has 0 radical (unpaired) electrons.